The highest BCUT2D eigenvalue weighted by molar-refractivity contribution is 5.47. The van der Waals surface area contributed by atoms with E-state index in [0.717, 1.165) is 24.2 Å². The minimum Gasteiger partial charge on any atom is -0.363 e. The molecule has 2 nitrogen and oxygen atoms in total. The maximum atomic E-state index is 9.79. The van der Waals surface area contributed by atoms with Gasteiger partial charge in [0.25, 0.3) is 0 Å². The number of allylic oxidation sites excluding steroid dienone is 3. The van der Waals surface area contributed by atoms with E-state index < -0.39 is 0 Å². The summed E-state index contributed by atoms with van der Waals surface area (Å²) in [6.45, 7) is 16.1. The number of nitriles is 1. The first kappa shape index (κ1) is 18.3. The Hall–Kier alpha value is -2.01. The third-order valence-electron chi connectivity index (χ3n) is 4.68. The fourth-order valence-electron chi connectivity index (χ4n) is 3.65. The smallest absolute Gasteiger partial charge is 0.101 e. The summed E-state index contributed by atoms with van der Waals surface area (Å²) < 4.78 is 0. The van der Waals surface area contributed by atoms with E-state index in [1.165, 1.54) is 22.3 Å². The third-order valence-corrected chi connectivity index (χ3v) is 4.68. The predicted molar refractivity (Wildman–Crippen MR) is 102 cm³/mol. The zero-order chi connectivity index (χ0) is 18.1. The SMILES string of the molecule is CC(C)=C(/C(C#N)=C/C(C)(C)C)N1CCc2c(C)cccc2C1C. The zero-order valence-electron chi connectivity index (χ0n) is 16.2. The second-order valence-corrected chi connectivity index (χ2v) is 8.15. The van der Waals surface area contributed by atoms with Crippen LogP contribution in [0.2, 0.25) is 0 Å². The third kappa shape index (κ3) is 3.73. The Kier molecular flexibility index (Phi) is 5.23. The number of fused-ring (bicyclic) bond motifs is 1. The standard InChI is InChI=1S/C22H30N2/c1-15(2)21(18(14-23)13-22(5,6)7)24-12-11-19-16(3)9-8-10-20(19)17(24)4/h8-10,13,17H,11-12H2,1-7H3/b18-13+. The van der Waals surface area contributed by atoms with Gasteiger partial charge in [-0.25, -0.2) is 0 Å². The Labute approximate surface area is 147 Å². The van der Waals surface area contributed by atoms with Crippen LogP contribution in [0.1, 0.15) is 64.3 Å². The zero-order valence-corrected chi connectivity index (χ0v) is 16.2. The van der Waals surface area contributed by atoms with Gasteiger partial charge in [0.2, 0.25) is 0 Å². The van der Waals surface area contributed by atoms with Crippen LogP contribution < -0.4 is 0 Å². The molecule has 0 amide bonds. The van der Waals surface area contributed by atoms with Crippen molar-refractivity contribution >= 4 is 0 Å². The molecule has 128 valence electrons. The molecular formula is C22H30N2. The Morgan fingerprint density at radius 2 is 1.96 bits per heavy atom. The molecular weight excluding hydrogens is 292 g/mol. The van der Waals surface area contributed by atoms with Crippen LogP contribution in [0.4, 0.5) is 0 Å². The predicted octanol–water partition coefficient (Wildman–Crippen LogP) is 5.70. The number of hydrogen-bond donors (Lipinski definition) is 0. The molecule has 24 heavy (non-hydrogen) atoms. The molecule has 0 aliphatic carbocycles. The molecule has 0 radical (unpaired) electrons. The van der Waals surface area contributed by atoms with E-state index in [1.54, 1.807) is 0 Å². The Balaban J connectivity index is 2.51. The molecule has 1 aromatic carbocycles. The molecule has 0 saturated carbocycles. The number of rotatable bonds is 2. The van der Waals surface area contributed by atoms with Gasteiger partial charge in [0.05, 0.1) is 17.3 Å². The van der Waals surface area contributed by atoms with Gasteiger partial charge in [0, 0.05) is 6.54 Å². The lowest BCUT2D eigenvalue weighted by Gasteiger charge is -2.40. The van der Waals surface area contributed by atoms with Gasteiger partial charge in [-0.2, -0.15) is 5.26 Å². The Bertz CT molecular complexity index is 719. The van der Waals surface area contributed by atoms with Crippen molar-refractivity contribution in [3.63, 3.8) is 0 Å². The highest BCUT2D eigenvalue weighted by Gasteiger charge is 2.28. The number of hydrogen-bond acceptors (Lipinski definition) is 2. The van der Waals surface area contributed by atoms with Crippen LogP contribution in [-0.4, -0.2) is 11.4 Å². The van der Waals surface area contributed by atoms with E-state index in [9.17, 15) is 5.26 Å². The molecule has 0 fully saturated rings. The van der Waals surface area contributed by atoms with Gasteiger partial charge in [-0.3, -0.25) is 0 Å². The van der Waals surface area contributed by atoms with E-state index in [-0.39, 0.29) is 11.5 Å². The molecule has 1 aliphatic rings. The first-order chi connectivity index (χ1) is 11.2. The van der Waals surface area contributed by atoms with Gasteiger partial charge in [0.15, 0.2) is 0 Å². The lowest BCUT2D eigenvalue weighted by molar-refractivity contribution is 0.259. The van der Waals surface area contributed by atoms with Crippen LogP contribution in [-0.2, 0) is 6.42 Å². The summed E-state index contributed by atoms with van der Waals surface area (Å²) in [7, 11) is 0. The van der Waals surface area contributed by atoms with Crippen LogP contribution in [0.25, 0.3) is 0 Å². The molecule has 1 aromatic rings. The van der Waals surface area contributed by atoms with Gasteiger partial charge in [-0.05, 0) is 56.2 Å². The molecule has 1 atom stereocenters. The highest BCUT2D eigenvalue weighted by Crippen LogP contribution is 2.37. The fourth-order valence-corrected chi connectivity index (χ4v) is 3.65. The van der Waals surface area contributed by atoms with Crippen molar-refractivity contribution in [2.75, 3.05) is 6.54 Å². The summed E-state index contributed by atoms with van der Waals surface area (Å²) in [5.41, 5.74) is 7.34. The van der Waals surface area contributed by atoms with Crippen molar-refractivity contribution in [3.8, 4) is 6.07 Å². The quantitative estimate of drug-likeness (QED) is 0.515. The molecule has 1 aliphatic heterocycles. The molecule has 0 N–H and O–H groups in total. The van der Waals surface area contributed by atoms with Gasteiger partial charge < -0.3 is 4.90 Å². The number of nitrogens with zero attached hydrogens (tertiary/aromatic N) is 2. The van der Waals surface area contributed by atoms with Gasteiger partial charge >= 0.3 is 0 Å². The maximum absolute atomic E-state index is 9.79. The van der Waals surface area contributed by atoms with Gasteiger partial charge in [0.1, 0.15) is 6.07 Å². The van der Waals surface area contributed by atoms with Crippen LogP contribution in [0, 0.1) is 23.7 Å². The number of benzene rings is 1. The molecule has 0 saturated heterocycles. The maximum Gasteiger partial charge on any atom is 0.101 e. The second kappa shape index (κ2) is 6.85. The van der Waals surface area contributed by atoms with Crippen LogP contribution in [0.15, 0.2) is 41.1 Å². The summed E-state index contributed by atoms with van der Waals surface area (Å²) in [6.07, 6.45) is 3.14. The molecule has 0 bridgehead atoms. The second-order valence-electron chi connectivity index (χ2n) is 8.15. The summed E-state index contributed by atoms with van der Waals surface area (Å²) >= 11 is 0. The van der Waals surface area contributed by atoms with Gasteiger partial charge in [-0.1, -0.05) is 50.6 Å². The molecule has 1 heterocycles. The van der Waals surface area contributed by atoms with Crippen LogP contribution >= 0.6 is 0 Å². The average Bonchev–Trinajstić information content (AvgIpc) is 2.48. The van der Waals surface area contributed by atoms with E-state index in [0.29, 0.717) is 0 Å². The molecule has 0 aromatic heterocycles. The minimum absolute atomic E-state index is 0.0146. The van der Waals surface area contributed by atoms with Gasteiger partial charge in [-0.15, -0.1) is 0 Å². The lowest BCUT2D eigenvalue weighted by Crippen LogP contribution is -2.35. The van der Waals surface area contributed by atoms with Crippen molar-refractivity contribution in [2.45, 2.75) is 60.9 Å². The monoisotopic (exact) mass is 322 g/mol. The van der Waals surface area contributed by atoms with Crippen molar-refractivity contribution in [1.82, 2.24) is 4.90 Å². The largest absolute Gasteiger partial charge is 0.363 e. The summed E-state index contributed by atoms with van der Waals surface area (Å²) in [4.78, 5) is 2.41. The van der Waals surface area contributed by atoms with E-state index >= 15 is 0 Å². The van der Waals surface area contributed by atoms with Crippen molar-refractivity contribution < 1.29 is 0 Å². The molecule has 2 heteroatoms. The lowest BCUT2D eigenvalue weighted by atomic mass is 9.87. The molecule has 2 rings (SSSR count). The average molecular weight is 322 g/mol. The Morgan fingerprint density at radius 3 is 2.50 bits per heavy atom. The fraction of sp³-hybridized carbons (Fsp3) is 0.500. The number of aryl methyl sites for hydroxylation is 1. The van der Waals surface area contributed by atoms with Crippen LogP contribution in [0.3, 0.4) is 0 Å². The first-order valence-electron chi connectivity index (χ1n) is 8.81. The van der Waals surface area contributed by atoms with E-state index in [1.807, 2.05) is 0 Å². The minimum atomic E-state index is -0.0146. The van der Waals surface area contributed by atoms with Crippen molar-refractivity contribution in [1.29, 1.82) is 5.26 Å². The summed E-state index contributed by atoms with van der Waals surface area (Å²) in [5, 5.41) is 9.79. The van der Waals surface area contributed by atoms with E-state index in [4.69, 9.17) is 0 Å². The van der Waals surface area contributed by atoms with Crippen molar-refractivity contribution in [3.05, 3.63) is 57.8 Å². The normalized spacial score (nSPS) is 18.0. The molecule has 0 spiro atoms. The van der Waals surface area contributed by atoms with Crippen LogP contribution in [0.5, 0.6) is 0 Å². The molecule has 1 unspecified atom stereocenters. The Morgan fingerprint density at radius 1 is 1.29 bits per heavy atom. The topological polar surface area (TPSA) is 27.0 Å². The first-order valence-corrected chi connectivity index (χ1v) is 8.81. The summed E-state index contributed by atoms with van der Waals surface area (Å²) in [5.74, 6) is 0. The summed E-state index contributed by atoms with van der Waals surface area (Å²) in [6, 6.07) is 9.32. The van der Waals surface area contributed by atoms with E-state index in [2.05, 4.69) is 83.7 Å². The highest BCUT2D eigenvalue weighted by atomic mass is 15.2. The van der Waals surface area contributed by atoms with Crippen molar-refractivity contribution in [2.24, 2.45) is 5.41 Å².